The predicted octanol–water partition coefficient (Wildman–Crippen LogP) is 3.45. The van der Waals surface area contributed by atoms with Crippen LogP contribution in [0.25, 0.3) is 6.08 Å². The number of carbonyl (C=O) groups is 2. The van der Waals surface area contributed by atoms with Crippen LogP contribution in [0.2, 0.25) is 5.02 Å². The van der Waals surface area contributed by atoms with Gasteiger partial charge in [-0.2, -0.15) is 5.26 Å². The van der Waals surface area contributed by atoms with Crippen molar-refractivity contribution in [3.8, 4) is 23.3 Å². The summed E-state index contributed by atoms with van der Waals surface area (Å²) in [6, 6.07) is 11.5. The molecule has 0 fully saturated rings. The zero-order chi connectivity index (χ0) is 22.1. The van der Waals surface area contributed by atoms with Crippen molar-refractivity contribution < 1.29 is 28.5 Å². The first-order valence-electron chi connectivity index (χ1n) is 8.56. The second kappa shape index (κ2) is 10.7. The van der Waals surface area contributed by atoms with Crippen LogP contribution in [0.1, 0.15) is 5.56 Å². The quantitative estimate of drug-likeness (QED) is 0.388. The van der Waals surface area contributed by atoms with Gasteiger partial charge in [0, 0.05) is 5.69 Å². The summed E-state index contributed by atoms with van der Waals surface area (Å²) in [5.41, 5.74) is 0.792. The SMILES string of the molecule is COC(=O)COc1c(Cl)cc(/C=C(\C#N)C(=O)Nc2ccc(OC)cc2)cc1OC. The van der Waals surface area contributed by atoms with Crippen LogP contribution in [0.5, 0.6) is 17.2 Å². The maximum atomic E-state index is 12.4. The average molecular weight is 431 g/mol. The Bertz CT molecular complexity index is 996. The molecule has 1 N–H and O–H groups in total. The first-order valence-corrected chi connectivity index (χ1v) is 8.94. The molecule has 0 bridgehead atoms. The van der Waals surface area contributed by atoms with Gasteiger partial charge in [-0.3, -0.25) is 4.79 Å². The van der Waals surface area contributed by atoms with Crippen molar-refractivity contribution in [1.29, 1.82) is 5.26 Å². The second-order valence-electron chi connectivity index (χ2n) is 5.75. The van der Waals surface area contributed by atoms with Gasteiger partial charge >= 0.3 is 5.97 Å². The molecule has 2 aromatic rings. The fourth-order valence-corrected chi connectivity index (χ4v) is 2.61. The van der Waals surface area contributed by atoms with Crippen LogP contribution in [0.4, 0.5) is 5.69 Å². The monoisotopic (exact) mass is 430 g/mol. The van der Waals surface area contributed by atoms with E-state index in [2.05, 4.69) is 10.1 Å². The molecule has 0 radical (unpaired) electrons. The molecule has 0 aromatic heterocycles. The van der Waals surface area contributed by atoms with Crippen LogP contribution in [-0.4, -0.2) is 39.8 Å². The van der Waals surface area contributed by atoms with Crippen LogP contribution in [0.3, 0.4) is 0 Å². The van der Waals surface area contributed by atoms with E-state index in [1.54, 1.807) is 24.3 Å². The fourth-order valence-electron chi connectivity index (χ4n) is 2.34. The number of amides is 1. The Labute approximate surface area is 178 Å². The number of carbonyl (C=O) groups excluding carboxylic acids is 2. The minimum Gasteiger partial charge on any atom is -0.497 e. The van der Waals surface area contributed by atoms with Crippen molar-refractivity contribution in [2.75, 3.05) is 33.3 Å². The highest BCUT2D eigenvalue weighted by molar-refractivity contribution is 6.32. The molecule has 0 saturated heterocycles. The molecule has 2 aromatic carbocycles. The number of halogens is 1. The first kappa shape index (κ1) is 22.6. The van der Waals surface area contributed by atoms with Crippen molar-refractivity contribution in [2.24, 2.45) is 0 Å². The Morgan fingerprint density at radius 3 is 2.40 bits per heavy atom. The van der Waals surface area contributed by atoms with Gasteiger partial charge in [-0.15, -0.1) is 0 Å². The van der Waals surface area contributed by atoms with Gasteiger partial charge in [0.15, 0.2) is 18.1 Å². The highest BCUT2D eigenvalue weighted by atomic mass is 35.5. The maximum absolute atomic E-state index is 12.4. The van der Waals surface area contributed by atoms with Gasteiger partial charge in [0.2, 0.25) is 0 Å². The fraction of sp³-hybridized carbons (Fsp3) is 0.190. The highest BCUT2D eigenvalue weighted by Gasteiger charge is 2.15. The molecule has 30 heavy (non-hydrogen) atoms. The van der Waals surface area contributed by atoms with Crippen LogP contribution in [-0.2, 0) is 14.3 Å². The van der Waals surface area contributed by atoms with E-state index in [9.17, 15) is 14.9 Å². The van der Waals surface area contributed by atoms with Gasteiger partial charge in [-0.05, 0) is 48.0 Å². The van der Waals surface area contributed by atoms with E-state index in [1.165, 1.54) is 39.5 Å². The summed E-state index contributed by atoms with van der Waals surface area (Å²) in [5.74, 6) is -0.170. The van der Waals surface area contributed by atoms with E-state index in [1.807, 2.05) is 6.07 Å². The summed E-state index contributed by atoms with van der Waals surface area (Å²) in [6.07, 6.45) is 1.36. The summed E-state index contributed by atoms with van der Waals surface area (Å²) in [4.78, 5) is 23.7. The maximum Gasteiger partial charge on any atom is 0.343 e. The Hall–Kier alpha value is -3.70. The summed E-state index contributed by atoms with van der Waals surface area (Å²) < 4.78 is 20.2. The summed E-state index contributed by atoms with van der Waals surface area (Å²) >= 11 is 6.22. The topological polar surface area (TPSA) is 107 Å². The molecule has 8 nitrogen and oxygen atoms in total. The molecule has 0 saturated carbocycles. The van der Waals surface area contributed by atoms with Crippen molar-refractivity contribution >= 4 is 35.2 Å². The number of hydrogen-bond acceptors (Lipinski definition) is 7. The van der Waals surface area contributed by atoms with Crippen molar-refractivity contribution in [1.82, 2.24) is 0 Å². The lowest BCUT2D eigenvalue weighted by atomic mass is 10.1. The van der Waals surface area contributed by atoms with Gasteiger partial charge in [0.05, 0.1) is 26.4 Å². The molecule has 2 rings (SSSR count). The molecule has 0 heterocycles. The smallest absolute Gasteiger partial charge is 0.343 e. The van der Waals surface area contributed by atoms with Crippen molar-refractivity contribution in [2.45, 2.75) is 0 Å². The summed E-state index contributed by atoms with van der Waals surface area (Å²) in [6.45, 7) is -0.352. The standard InChI is InChI=1S/C21H19ClN2O6/c1-27-16-6-4-15(5-7-16)24-21(26)14(11-23)8-13-9-17(22)20(18(10-13)28-2)30-12-19(25)29-3/h4-10H,12H2,1-3H3,(H,24,26)/b14-8+. The highest BCUT2D eigenvalue weighted by Crippen LogP contribution is 2.37. The summed E-state index contributed by atoms with van der Waals surface area (Å²) in [7, 11) is 4.17. The minimum absolute atomic E-state index is 0.136. The number of hydrogen-bond donors (Lipinski definition) is 1. The molecule has 0 atom stereocenters. The van der Waals surface area contributed by atoms with Gasteiger partial charge in [-0.25, -0.2) is 4.79 Å². The number of anilines is 1. The number of nitrogens with one attached hydrogen (secondary N) is 1. The number of ether oxygens (including phenoxy) is 4. The largest absolute Gasteiger partial charge is 0.497 e. The number of nitriles is 1. The lowest BCUT2D eigenvalue weighted by Gasteiger charge is -2.12. The molecule has 0 aliphatic carbocycles. The van der Waals surface area contributed by atoms with Crippen LogP contribution in [0.15, 0.2) is 42.0 Å². The number of esters is 1. The minimum atomic E-state index is -0.594. The van der Waals surface area contributed by atoms with E-state index in [0.29, 0.717) is 17.0 Å². The number of rotatable bonds is 8. The Morgan fingerprint density at radius 2 is 1.83 bits per heavy atom. The van der Waals surface area contributed by atoms with Gasteiger partial charge in [0.25, 0.3) is 5.91 Å². The zero-order valence-corrected chi connectivity index (χ0v) is 17.3. The molecule has 0 spiro atoms. The van der Waals surface area contributed by atoms with Crippen LogP contribution in [0, 0.1) is 11.3 Å². The van der Waals surface area contributed by atoms with Gasteiger partial charge in [-0.1, -0.05) is 11.6 Å². The van der Waals surface area contributed by atoms with Gasteiger partial charge < -0.3 is 24.3 Å². The molecule has 0 unspecified atom stereocenters. The normalized spacial score (nSPS) is 10.6. The third kappa shape index (κ3) is 5.90. The number of benzene rings is 2. The number of methoxy groups -OCH3 is 3. The molecule has 9 heteroatoms. The van der Waals surface area contributed by atoms with Gasteiger partial charge in [0.1, 0.15) is 17.4 Å². The van der Waals surface area contributed by atoms with E-state index in [0.717, 1.165) is 0 Å². The lowest BCUT2D eigenvalue weighted by Crippen LogP contribution is -2.13. The summed E-state index contributed by atoms with van der Waals surface area (Å²) in [5, 5.41) is 12.2. The predicted molar refractivity (Wildman–Crippen MR) is 111 cm³/mol. The van der Waals surface area contributed by atoms with E-state index in [-0.39, 0.29) is 28.7 Å². The van der Waals surface area contributed by atoms with Crippen molar-refractivity contribution in [3.63, 3.8) is 0 Å². The van der Waals surface area contributed by atoms with E-state index in [4.69, 9.17) is 25.8 Å². The first-order chi connectivity index (χ1) is 14.4. The lowest BCUT2D eigenvalue weighted by molar-refractivity contribution is -0.142. The molecule has 156 valence electrons. The second-order valence-corrected chi connectivity index (χ2v) is 6.16. The average Bonchev–Trinajstić information content (AvgIpc) is 2.76. The number of nitrogens with zero attached hydrogens (tertiary/aromatic N) is 1. The molecule has 0 aliphatic heterocycles. The van der Waals surface area contributed by atoms with Crippen LogP contribution < -0.4 is 19.5 Å². The molecular formula is C21H19ClN2O6. The molecule has 1 amide bonds. The Morgan fingerprint density at radius 1 is 1.13 bits per heavy atom. The Kier molecular flexibility index (Phi) is 8.08. The third-order valence-corrected chi connectivity index (χ3v) is 4.12. The van der Waals surface area contributed by atoms with Crippen LogP contribution >= 0.6 is 11.6 Å². The molecule has 0 aliphatic rings. The van der Waals surface area contributed by atoms with E-state index >= 15 is 0 Å². The van der Waals surface area contributed by atoms with E-state index < -0.39 is 11.9 Å². The van der Waals surface area contributed by atoms with Crippen molar-refractivity contribution in [3.05, 3.63) is 52.6 Å². The molecular weight excluding hydrogens is 412 g/mol. The third-order valence-electron chi connectivity index (χ3n) is 3.84. The Balaban J connectivity index is 2.25. The zero-order valence-electron chi connectivity index (χ0n) is 16.5.